The van der Waals surface area contributed by atoms with Crippen LogP contribution in [0.5, 0.6) is 0 Å². The van der Waals surface area contributed by atoms with Gasteiger partial charge in [-0.05, 0) is 43.4 Å². The van der Waals surface area contributed by atoms with Crippen LogP contribution in [0.25, 0.3) is 11.4 Å². The summed E-state index contributed by atoms with van der Waals surface area (Å²) in [6, 6.07) is 6.04. The van der Waals surface area contributed by atoms with E-state index >= 15 is 0 Å². The number of rotatable bonds is 7. The lowest BCUT2D eigenvalue weighted by Crippen LogP contribution is -2.14. The number of allylic oxidation sites excluding steroid dienone is 1. The fourth-order valence-corrected chi connectivity index (χ4v) is 5.65. The average molecular weight is 451 g/mol. The Hall–Kier alpha value is -2.96. The molecule has 1 aliphatic rings. The molecule has 0 atom stereocenters. The highest BCUT2D eigenvalue weighted by Gasteiger charge is 2.21. The van der Waals surface area contributed by atoms with Gasteiger partial charge in [-0.15, -0.1) is 28.1 Å². The van der Waals surface area contributed by atoms with Crippen LogP contribution in [0.3, 0.4) is 0 Å². The Morgan fingerprint density at radius 3 is 2.87 bits per heavy atom. The molecule has 3 aromatic rings. The summed E-state index contributed by atoms with van der Waals surface area (Å²) < 4.78 is 1.92. The van der Waals surface area contributed by atoms with Crippen molar-refractivity contribution in [1.82, 2.24) is 19.7 Å². The van der Waals surface area contributed by atoms with E-state index in [1.807, 2.05) is 16.7 Å². The Kier molecular flexibility index (Phi) is 6.79. The van der Waals surface area contributed by atoms with Crippen LogP contribution in [0, 0.1) is 11.3 Å². The van der Waals surface area contributed by atoms with E-state index in [0.29, 0.717) is 28.1 Å². The first-order chi connectivity index (χ1) is 15.2. The number of carbonyl (C=O) groups is 1. The first-order valence-electron chi connectivity index (χ1n) is 10.1. The van der Waals surface area contributed by atoms with Crippen LogP contribution in [0.4, 0.5) is 5.00 Å². The van der Waals surface area contributed by atoms with Gasteiger partial charge in [-0.1, -0.05) is 24.3 Å². The van der Waals surface area contributed by atoms with Gasteiger partial charge >= 0.3 is 0 Å². The van der Waals surface area contributed by atoms with Crippen molar-refractivity contribution in [3.8, 4) is 17.5 Å². The zero-order chi connectivity index (χ0) is 21.6. The average Bonchev–Trinajstić information content (AvgIpc) is 3.25. The van der Waals surface area contributed by atoms with Gasteiger partial charge in [0.15, 0.2) is 11.0 Å². The van der Waals surface area contributed by atoms with Crippen LogP contribution in [0.1, 0.15) is 35.3 Å². The molecule has 31 heavy (non-hydrogen) atoms. The minimum Gasteiger partial charge on any atom is -0.316 e. The number of carbonyl (C=O) groups excluding carboxylic acids is 1. The Balaban J connectivity index is 1.47. The number of thioether (sulfide) groups is 1. The number of amides is 1. The van der Waals surface area contributed by atoms with Gasteiger partial charge in [0.25, 0.3) is 0 Å². The van der Waals surface area contributed by atoms with E-state index in [0.717, 1.165) is 36.8 Å². The molecule has 4 rings (SSSR count). The molecule has 0 unspecified atom stereocenters. The first-order valence-corrected chi connectivity index (χ1v) is 11.9. The maximum Gasteiger partial charge on any atom is 0.235 e. The van der Waals surface area contributed by atoms with Crippen molar-refractivity contribution in [2.24, 2.45) is 0 Å². The molecule has 0 fully saturated rings. The van der Waals surface area contributed by atoms with E-state index in [9.17, 15) is 10.1 Å². The fraction of sp³-hybridized carbons (Fsp3) is 0.318. The van der Waals surface area contributed by atoms with E-state index < -0.39 is 0 Å². The van der Waals surface area contributed by atoms with Crippen LogP contribution >= 0.6 is 23.1 Å². The predicted octanol–water partition coefficient (Wildman–Crippen LogP) is 4.46. The largest absolute Gasteiger partial charge is 0.316 e. The second kappa shape index (κ2) is 9.90. The Morgan fingerprint density at radius 2 is 2.10 bits per heavy atom. The lowest BCUT2D eigenvalue weighted by Gasteiger charge is -2.08. The second-order valence-corrected chi connectivity index (χ2v) is 9.21. The highest BCUT2D eigenvalue weighted by molar-refractivity contribution is 7.99. The van der Waals surface area contributed by atoms with Crippen LogP contribution in [-0.2, 0) is 24.2 Å². The lowest BCUT2D eigenvalue weighted by atomic mass is 10.1. The number of pyridine rings is 1. The molecule has 1 amide bonds. The quantitative estimate of drug-likeness (QED) is 0.324. The number of hydrogen-bond donors (Lipinski definition) is 1. The van der Waals surface area contributed by atoms with Crippen molar-refractivity contribution in [3.05, 3.63) is 53.2 Å². The zero-order valence-corrected chi connectivity index (χ0v) is 18.6. The van der Waals surface area contributed by atoms with Gasteiger partial charge in [0.2, 0.25) is 5.91 Å². The van der Waals surface area contributed by atoms with E-state index in [-0.39, 0.29) is 11.7 Å². The topological polar surface area (TPSA) is 96.5 Å². The summed E-state index contributed by atoms with van der Waals surface area (Å²) in [6.07, 6.45) is 10.5. The van der Waals surface area contributed by atoms with Crippen molar-refractivity contribution >= 4 is 34.0 Å². The monoisotopic (exact) mass is 450 g/mol. The smallest absolute Gasteiger partial charge is 0.235 e. The van der Waals surface area contributed by atoms with Crippen molar-refractivity contribution in [3.63, 3.8) is 0 Å². The van der Waals surface area contributed by atoms with E-state index in [1.165, 1.54) is 23.1 Å². The third-order valence-corrected chi connectivity index (χ3v) is 7.26. The minimum atomic E-state index is -0.156. The summed E-state index contributed by atoms with van der Waals surface area (Å²) in [5, 5.41) is 22.5. The van der Waals surface area contributed by atoms with Gasteiger partial charge in [0.05, 0.1) is 11.3 Å². The van der Waals surface area contributed by atoms with Gasteiger partial charge in [0, 0.05) is 29.4 Å². The zero-order valence-electron chi connectivity index (χ0n) is 17.0. The molecule has 0 saturated carbocycles. The summed E-state index contributed by atoms with van der Waals surface area (Å²) in [4.78, 5) is 17.9. The number of nitriles is 1. The summed E-state index contributed by atoms with van der Waals surface area (Å²) in [5.74, 6) is 0.731. The van der Waals surface area contributed by atoms with E-state index in [2.05, 4.69) is 33.1 Å². The summed E-state index contributed by atoms with van der Waals surface area (Å²) in [5.41, 5.74) is 2.66. The molecule has 0 radical (unpaired) electrons. The number of anilines is 1. The van der Waals surface area contributed by atoms with Crippen LogP contribution in [-0.4, -0.2) is 31.4 Å². The fourth-order valence-electron chi connectivity index (χ4n) is 3.65. The van der Waals surface area contributed by atoms with E-state index in [1.54, 1.807) is 29.8 Å². The Morgan fingerprint density at radius 1 is 1.29 bits per heavy atom. The molecule has 1 N–H and O–H groups in total. The number of nitrogens with zero attached hydrogens (tertiary/aromatic N) is 5. The van der Waals surface area contributed by atoms with Crippen LogP contribution in [0.15, 0.2) is 42.3 Å². The summed E-state index contributed by atoms with van der Waals surface area (Å²) >= 11 is 2.86. The van der Waals surface area contributed by atoms with Gasteiger partial charge in [-0.3, -0.25) is 14.3 Å². The van der Waals surface area contributed by atoms with Gasteiger partial charge in [-0.25, -0.2) is 0 Å². The summed E-state index contributed by atoms with van der Waals surface area (Å²) in [6.45, 7) is 4.35. The number of hydrogen-bond acceptors (Lipinski definition) is 7. The molecule has 3 aromatic heterocycles. The standard InChI is InChI=1S/C22H22N6OS2/c1-2-12-28-20(15-8-10-24-11-9-15)26-27-22(28)30-14-19(29)25-21-17(13-23)16-6-4-3-5-7-18(16)31-21/h2,8-11H,1,3-7,12,14H2,(H,25,29). The van der Waals surface area contributed by atoms with Gasteiger partial charge in [-0.2, -0.15) is 5.26 Å². The van der Waals surface area contributed by atoms with Crippen LogP contribution in [0.2, 0.25) is 0 Å². The molecule has 3 heterocycles. The molecule has 158 valence electrons. The third-order valence-electron chi connectivity index (χ3n) is 5.09. The van der Waals surface area contributed by atoms with Crippen molar-refractivity contribution < 1.29 is 4.79 Å². The molecule has 0 aliphatic heterocycles. The maximum absolute atomic E-state index is 12.7. The van der Waals surface area contributed by atoms with Gasteiger partial charge in [0.1, 0.15) is 11.1 Å². The van der Waals surface area contributed by atoms with Crippen molar-refractivity contribution in [1.29, 1.82) is 5.26 Å². The lowest BCUT2D eigenvalue weighted by molar-refractivity contribution is -0.113. The maximum atomic E-state index is 12.7. The second-order valence-electron chi connectivity index (χ2n) is 7.16. The summed E-state index contributed by atoms with van der Waals surface area (Å²) in [7, 11) is 0. The molecule has 7 nitrogen and oxygen atoms in total. The molecule has 0 spiro atoms. The number of aromatic nitrogens is 4. The number of nitrogens with one attached hydrogen (secondary N) is 1. The minimum absolute atomic E-state index is 0.156. The van der Waals surface area contributed by atoms with Crippen molar-refractivity contribution in [2.45, 2.75) is 43.8 Å². The van der Waals surface area contributed by atoms with Crippen molar-refractivity contribution in [2.75, 3.05) is 11.1 Å². The number of fused-ring (bicyclic) bond motifs is 1. The van der Waals surface area contributed by atoms with E-state index in [4.69, 9.17) is 0 Å². The molecule has 0 bridgehead atoms. The van der Waals surface area contributed by atoms with Gasteiger partial charge < -0.3 is 5.32 Å². The molecule has 0 aromatic carbocycles. The molecule has 0 saturated heterocycles. The molecule has 9 heteroatoms. The highest BCUT2D eigenvalue weighted by atomic mass is 32.2. The molecular formula is C22H22N6OS2. The van der Waals surface area contributed by atoms with Crippen LogP contribution < -0.4 is 5.32 Å². The third kappa shape index (κ3) is 4.70. The predicted molar refractivity (Wildman–Crippen MR) is 123 cm³/mol. The molecule has 1 aliphatic carbocycles. The SMILES string of the molecule is C=CCn1c(SCC(=O)Nc2sc3c(c2C#N)CCCCC3)nnc1-c1ccncc1. The number of aryl methyl sites for hydroxylation is 1. The first kappa shape index (κ1) is 21.3. The Bertz CT molecular complexity index is 1130. The normalized spacial score (nSPS) is 13.1. The number of thiophene rings is 1. The highest BCUT2D eigenvalue weighted by Crippen LogP contribution is 2.37. The molecular weight excluding hydrogens is 428 g/mol. The Labute approximate surface area is 189 Å².